The van der Waals surface area contributed by atoms with Crippen molar-refractivity contribution in [3.63, 3.8) is 0 Å². The van der Waals surface area contributed by atoms with Gasteiger partial charge in [0.05, 0.1) is 12.4 Å². The molecule has 0 spiro atoms. The third kappa shape index (κ3) is 3.71. The van der Waals surface area contributed by atoms with E-state index in [1.165, 1.54) is 0 Å². The lowest BCUT2D eigenvalue weighted by Gasteiger charge is -1.89. The van der Waals surface area contributed by atoms with Crippen molar-refractivity contribution in [1.82, 2.24) is 10.2 Å². The maximum absolute atomic E-state index is 4.17. The van der Waals surface area contributed by atoms with E-state index >= 15 is 0 Å². The highest BCUT2D eigenvalue weighted by molar-refractivity contribution is 4.77. The Hall–Kier alpha value is -1.36. The molecule has 0 unspecified atom stereocenters. The maximum Gasteiger partial charge on any atom is 0.234 e. The average molecular weight is 268 g/mol. The number of nitrogens with zero attached hydrogens (tertiary/aromatic N) is 4. The van der Waals surface area contributed by atoms with Crippen LogP contribution in [0.4, 0.5) is 0 Å². The van der Waals surface area contributed by atoms with Gasteiger partial charge in [0, 0.05) is 12.1 Å². The highest BCUT2D eigenvalue weighted by Gasteiger charge is 2.06. The summed E-state index contributed by atoms with van der Waals surface area (Å²) in [5, 5.41) is 8.34. The summed E-state index contributed by atoms with van der Waals surface area (Å²) in [6.07, 6.45) is 7.46. The van der Waals surface area contributed by atoms with Gasteiger partial charge >= 0.3 is 0 Å². The molecular weight excluding hydrogens is 256 g/mol. The van der Waals surface area contributed by atoms with Gasteiger partial charge in [-0.2, -0.15) is 0 Å². The zero-order chi connectivity index (χ0) is 9.64. The van der Waals surface area contributed by atoms with Crippen molar-refractivity contribution in [2.45, 2.75) is 13.1 Å². The minimum atomic E-state index is 0. The monoisotopic (exact) mass is 267 g/mol. The minimum Gasteiger partial charge on any atom is -1.00 e. The van der Waals surface area contributed by atoms with Crippen molar-refractivity contribution in [3.05, 3.63) is 49.1 Å². The van der Waals surface area contributed by atoms with Gasteiger partial charge in [0.25, 0.3) is 0 Å². The summed E-state index contributed by atoms with van der Waals surface area (Å²) in [5.74, 6) is 0. The predicted octanol–water partition coefficient (Wildman–Crippen LogP) is -3.24. The van der Waals surface area contributed by atoms with Gasteiger partial charge in [-0.05, 0) is 22.3 Å². The van der Waals surface area contributed by atoms with Crippen LogP contribution in [0.25, 0.3) is 0 Å². The topological polar surface area (TPSA) is 33.5 Å². The van der Waals surface area contributed by atoms with E-state index in [2.05, 4.69) is 10.2 Å². The maximum atomic E-state index is 4.17. The van der Waals surface area contributed by atoms with E-state index in [9.17, 15) is 0 Å². The Balaban J connectivity index is 0.00000112. The van der Waals surface area contributed by atoms with Gasteiger partial charge in [-0.25, -0.2) is 0 Å². The van der Waals surface area contributed by atoms with Crippen molar-refractivity contribution >= 4 is 0 Å². The molecule has 5 heteroatoms. The van der Waals surface area contributed by atoms with Gasteiger partial charge in [0.2, 0.25) is 13.1 Å². The first-order valence-electron chi connectivity index (χ1n) is 4.57. The molecule has 0 amide bonds. The molecular formula is C10H12BrN4+. The third-order valence-corrected chi connectivity index (χ3v) is 1.90. The molecule has 0 bridgehead atoms. The highest BCUT2D eigenvalue weighted by Crippen LogP contribution is 1.74. The molecule has 2 aromatic rings. The van der Waals surface area contributed by atoms with Crippen molar-refractivity contribution in [1.29, 1.82) is 0 Å². The Bertz CT molecular complexity index is 340. The summed E-state index contributed by atoms with van der Waals surface area (Å²) < 4.78 is 3.78. The molecule has 0 N–H and O–H groups in total. The fourth-order valence-electron chi connectivity index (χ4n) is 1.19. The van der Waals surface area contributed by atoms with Crippen molar-refractivity contribution in [2.24, 2.45) is 0 Å². The Morgan fingerprint density at radius 1 is 0.733 bits per heavy atom. The quantitative estimate of drug-likeness (QED) is 0.548. The first kappa shape index (κ1) is 11.7. The van der Waals surface area contributed by atoms with Gasteiger partial charge in [0.15, 0.2) is 12.4 Å². The van der Waals surface area contributed by atoms with Crippen LogP contribution in [-0.2, 0) is 13.1 Å². The molecule has 4 nitrogen and oxygen atoms in total. The van der Waals surface area contributed by atoms with Crippen molar-refractivity contribution in [3.8, 4) is 0 Å². The van der Waals surface area contributed by atoms with Crippen LogP contribution in [0, 0.1) is 0 Å². The number of halogens is 1. The largest absolute Gasteiger partial charge is 1.00 e. The van der Waals surface area contributed by atoms with Crippen LogP contribution in [0.1, 0.15) is 0 Å². The molecule has 2 heterocycles. The van der Waals surface area contributed by atoms with E-state index in [0.717, 1.165) is 13.1 Å². The standard InChI is InChI=1S/C10H12N4.BrH/c1-3-7-13(11-5-1)9-10-14-8-4-2-6-12-14;/h1-8H,9-10H2;1H/q+2;/p-1. The van der Waals surface area contributed by atoms with Crippen molar-refractivity contribution in [2.75, 3.05) is 0 Å². The first-order valence-corrected chi connectivity index (χ1v) is 4.57. The summed E-state index contributed by atoms with van der Waals surface area (Å²) >= 11 is 0. The highest BCUT2D eigenvalue weighted by atomic mass is 79.9. The van der Waals surface area contributed by atoms with Crippen LogP contribution in [0.3, 0.4) is 0 Å². The summed E-state index contributed by atoms with van der Waals surface area (Å²) in [6, 6.07) is 7.75. The van der Waals surface area contributed by atoms with Crippen LogP contribution in [-0.4, -0.2) is 10.2 Å². The second-order valence-electron chi connectivity index (χ2n) is 2.92. The van der Waals surface area contributed by atoms with Crippen LogP contribution in [0.15, 0.2) is 49.1 Å². The van der Waals surface area contributed by atoms with Gasteiger partial charge in [-0.3, -0.25) is 0 Å². The normalized spacial score (nSPS) is 9.33. The molecule has 0 aliphatic heterocycles. The molecule has 2 aromatic heterocycles. The van der Waals surface area contributed by atoms with Gasteiger partial charge in [-0.1, -0.05) is 9.36 Å². The lowest BCUT2D eigenvalue weighted by atomic mass is 10.5. The number of hydrogen-bond donors (Lipinski definition) is 0. The van der Waals surface area contributed by atoms with Gasteiger partial charge in [-0.15, -0.1) is 0 Å². The fraction of sp³-hybridized carbons (Fsp3) is 0.200. The van der Waals surface area contributed by atoms with Crippen LogP contribution in [0.2, 0.25) is 0 Å². The molecule has 0 radical (unpaired) electrons. The predicted molar refractivity (Wildman–Crippen MR) is 48.9 cm³/mol. The zero-order valence-electron chi connectivity index (χ0n) is 8.20. The van der Waals surface area contributed by atoms with E-state index in [1.807, 2.05) is 46.0 Å². The molecule has 78 valence electrons. The number of hydrogen-bond acceptors (Lipinski definition) is 2. The Kier molecular flexibility index (Phi) is 4.83. The van der Waals surface area contributed by atoms with Crippen molar-refractivity contribution < 1.29 is 26.3 Å². The third-order valence-electron chi connectivity index (χ3n) is 1.90. The second kappa shape index (κ2) is 6.19. The van der Waals surface area contributed by atoms with E-state index in [4.69, 9.17) is 0 Å². The van der Waals surface area contributed by atoms with Crippen LogP contribution in [0.5, 0.6) is 0 Å². The second-order valence-corrected chi connectivity index (χ2v) is 2.92. The van der Waals surface area contributed by atoms with Gasteiger partial charge in [0.1, 0.15) is 0 Å². The summed E-state index contributed by atoms with van der Waals surface area (Å²) in [7, 11) is 0. The molecule has 0 saturated heterocycles. The summed E-state index contributed by atoms with van der Waals surface area (Å²) in [5.41, 5.74) is 0. The molecule has 0 saturated carbocycles. The summed E-state index contributed by atoms with van der Waals surface area (Å²) in [6.45, 7) is 1.67. The summed E-state index contributed by atoms with van der Waals surface area (Å²) in [4.78, 5) is 0. The molecule has 0 fully saturated rings. The Morgan fingerprint density at radius 3 is 1.53 bits per heavy atom. The van der Waals surface area contributed by atoms with Crippen LogP contribution < -0.4 is 26.3 Å². The van der Waals surface area contributed by atoms with E-state index in [0.29, 0.717) is 0 Å². The Labute approximate surface area is 99.0 Å². The first-order chi connectivity index (χ1) is 6.95. The smallest absolute Gasteiger partial charge is 0.234 e. The lowest BCUT2D eigenvalue weighted by Crippen LogP contribution is -3.00. The molecule has 0 atom stereocenters. The fourth-order valence-corrected chi connectivity index (χ4v) is 1.19. The SMILES string of the molecule is [Br-].c1cc[n+](CC[n+]2ccccn2)nc1. The zero-order valence-corrected chi connectivity index (χ0v) is 9.79. The van der Waals surface area contributed by atoms with E-state index < -0.39 is 0 Å². The number of aryl methyl sites for hydroxylation is 2. The van der Waals surface area contributed by atoms with Crippen LogP contribution >= 0.6 is 0 Å². The minimum absolute atomic E-state index is 0. The molecule has 15 heavy (non-hydrogen) atoms. The number of rotatable bonds is 3. The van der Waals surface area contributed by atoms with E-state index in [1.54, 1.807) is 12.4 Å². The van der Waals surface area contributed by atoms with Gasteiger partial charge < -0.3 is 17.0 Å². The average Bonchev–Trinajstić information content (AvgIpc) is 2.29. The molecule has 0 aromatic carbocycles. The Morgan fingerprint density at radius 2 is 1.20 bits per heavy atom. The molecule has 2 rings (SSSR count). The lowest BCUT2D eigenvalue weighted by molar-refractivity contribution is -0.830. The van der Waals surface area contributed by atoms with E-state index in [-0.39, 0.29) is 17.0 Å². The molecule has 0 aliphatic rings. The number of aromatic nitrogens is 4. The molecule has 0 aliphatic carbocycles.